The lowest BCUT2D eigenvalue weighted by Crippen LogP contribution is -2.02. The van der Waals surface area contributed by atoms with Crippen LogP contribution in [-0.4, -0.2) is 11.7 Å². The van der Waals surface area contributed by atoms with Crippen LogP contribution in [0, 0.1) is 12.7 Å². The summed E-state index contributed by atoms with van der Waals surface area (Å²) in [6.45, 7) is 2.18. The first-order chi connectivity index (χ1) is 6.15. The molecule has 72 valence electrons. The Kier molecular flexibility index (Phi) is 3.25. The summed E-state index contributed by atoms with van der Waals surface area (Å²) in [5.41, 5.74) is 6.34. The van der Waals surface area contributed by atoms with Gasteiger partial charge in [-0.1, -0.05) is 0 Å². The molecule has 0 heterocycles. The van der Waals surface area contributed by atoms with Gasteiger partial charge < -0.3 is 10.8 Å². The van der Waals surface area contributed by atoms with Gasteiger partial charge in [-0.15, -0.1) is 0 Å². The zero-order valence-electron chi connectivity index (χ0n) is 7.68. The van der Waals surface area contributed by atoms with Gasteiger partial charge in [-0.3, -0.25) is 0 Å². The zero-order chi connectivity index (χ0) is 9.84. The summed E-state index contributed by atoms with van der Waals surface area (Å²) in [5.74, 6) is -0.114. The van der Waals surface area contributed by atoms with Gasteiger partial charge in [-0.05, 0) is 49.6 Å². The van der Waals surface area contributed by atoms with Crippen molar-refractivity contribution < 1.29 is 9.50 Å². The second kappa shape index (κ2) is 4.23. The molecule has 0 amide bonds. The number of hydrogen-bond acceptors (Lipinski definition) is 2. The van der Waals surface area contributed by atoms with Gasteiger partial charge in [0, 0.05) is 0 Å². The standard InChI is InChI=1S/C10H14FNO/c1-7-5-9(13)6-8(10(7)11)3-2-4-12/h5-6,13H,2-4,12H2,1H3. The van der Waals surface area contributed by atoms with Gasteiger partial charge in [0.05, 0.1) is 0 Å². The van der Waals surface area contributed by atoms with E-state index in [4.69, 9.17) is 5.73 Å². The largest absolute Gasteiger partial charge is 0.508 e. The summed E-state index contributed by atoms with van der Waals surface area (Å²) in [6, 6.07) is 2.87. The summed E-state index contributed by atoms with van der Waals surface area (Å²) in [5, 5.41) is 9.22. The molecule has 2 nitrogen and oxygen atoms in total. The quantitative estimate of drug-likeness (QED) is 0.749. The predicted octanol–water partition coefficient (Wildman–Crippen LogP) is 1.73. The van der Waals surface area contributed by atoms with Crippen LogP contribution < -0.4 is 5.73 Å². The Morgan fingerprint density at radius 2 is 2.15 bits per heavy atom. The molecule has 3 heteroatoms. The molecule has 0 bridgehead atoms. The fraction of sp³-hybridized carbons (Fsp3) is 0.400. The van der Waals surface area contributed by atoms with Crippen molar-refractivity contribution in [3.63, 3.8) is 0 Å². The predicted molar refractivity (Wildman–Crippen MR) is 50.2 cm³/mol. The minimum Gasteiger partial charge on any atom is -0.508 e. The highest BCUT2D eigenvalue weighted by Gasteiger charge is 2.06. The monoisotopic (exact) mass is 183 g/mol. The van der Waals surface area contributed by atoms with Crippen LogP contribution in [0.2, 0.25) is 0 Å². The first-order valence-electron chi connectivity index (χ1n) is 4.33. The van der Waals surface area contributed by atoms with Crippen LogP contribution in [0.4, 0.5) is 4.39 Å². The van der Waals surface area contributed by atoms with E-state index in [9.17, 15) is 9.50 Å². The van der Waals surface area contributed by atoms with Crippen LogP contribution in [0.15, 0.2) is 12.1 Å². The van der Waals surface area contributed by atoms with Crippen molar-refractivity contribution in [3.05, 3.63) is 29.1 Å². The van der Waals surface area contributed by atoms with Gasteiger partial charge in [-0.25, -0.2) is 4.39 Å². The van der Waals surface area contributed by atoms with E-state index >= 15 is 0 Å². The Hall–Kier alpha value is -1.09. The van der Waals surface area contributed by atoms with E-state index in [1.54, 1.807) is 6.92 Å². The highest BCUT2D eigenvalue weighted by atomic mass is 19.1. The van der Waals surface area contributed by atoms with E-state index in [0.29, 0.717) is 24.1 Å². The van der Waals surface area contributed by atoms with Crippen molar-refractivity contribution in [2.75, 3.05) is 6.54 Å². The first kappa shape index (κ1) is 9.99. The average Bonchev–Trinajstić information content (AvgIpc) is 2.09. The highest BCUT2D eigenvalue weighted by molar-refractivity contribution is 5.34. The van der Waals surface area contributed by atoms with Crippen molar-refractivity contribution >= 4 is 0 Å². The second-order valence-electron chi connectivity index (χ2n) is 3.13. The Labute approximate surface area is 77.2 Å². The van der Waals surface area contributed by atoms with Gasteiger partial charge in [0.2, 0.25) is 0 Å². The third-order valence-electron chi connectivity index (χ3n) is 1.96. The molecular formula is C10H14FNO. The number of phenolic OH excluding ortho intramolecular Hbond substituents is 1. The third-order valence-corrected chi connectivity index (χ3v) is 1.96. The summed E-state index contributed by atoms with van der Waals surface area (Å²) in [4.78, 5) is 0. The number of aromatic hydroxyl groups is 1. The topological polar surface area (TPSA) is 46.2 Å². The number of benzene rings is 1. The lowest BCUT2D eigenvalue weighted by atomic mass is 10.1. The first-order valence-corrected chi connectivity index (χ1v) is 4.33. The van der Waals surface area contributed by atoms with Crippen molar-refractivity contribution in [2.24, 2.45) is 5.73 Å². The van der Waals surface area contributed by atoms with Gasteiger partial charge >= 0.3 is 0 Å². The average molecular weight is 183 g/mol. The lowest BCUT2D eigenvalue weighted by molar-refractivity contribution is 0.470. The van der Waals surface area contributed by atoms with Gasteiger partial charge in [0.25, 0.3) is 0 Å². The molecule has 1 rings (SSSR count). The van der Waals surface area contributed by atoms with Crippen molar-refractivity contribution in [3.8, 4) is 5.75 Å². The van der Waals surface area contributed by atoms with Crippen molar-refractivity contribution in [1.29, 1.82) is 0 Å². The minimum atomic E-state index is -0.230. The lowest BCUT2D eigenvalue weighted by Gasteiger charge is -2.05. The maximum absolute atomic E-state index is 13.4. The normalized spacial score (nSPS) is 10.4. The molecule has 0 aliphatic carbocycles. The number of hydrogen-bond donors (Lipinski definition) is 2. The number of rotatable bonds is 3. The molecule has 0 radical (unpaired) electrons. The molecule has 1 aromatic carbocycles. The maximum Gasteiger partial charge on any atom is 0.129 e. The SMILES string of the molecule is Cc1cc(O)cc(CCCN)c1F. The Morgan fingerprint density at radius 3 is 2.77 bits per heavy atom. The van der Waals surface area contributed by atoms with E-state index in [1.165, 1.54) is 12.1 Å². The van der Waals surface area contributed by atoms with Gasteiger partial charge in [-0.2, -0.15) is 0 Å². The Balaban J connectivity index is 2.92. The second-order valence-corrected chi connectivity index (χ2v) is 3.13. The number of halogens is 1. The highest BCUT2D eigenvalue weighted by Crippen LogP contribution is 2.20. The van der Waals surface area contributed by atoms with Gasteiger partial charge in [0.15, 0.2) is 0 Å². The Morgan fingerprint density at radius 1 is 1.46 bits per heavy atom. The molecule has 0 atom stereocenters. The molecule has 3 N–H and O–H groups in total. The van der Waals surface area contributed by atoms with Crippen LogP contribution in [0.25, 0.3) is 0 Å². The summed E-state index contributed by atoms with van der Waals surface area (Å²) in [7, 11) is 0. The fourth-order valence-corrected chi connectivity index (χ4v) is 1.30. The minimum absolute atomic E-state index is 0.117. The number of phenols is 1. The fourth-order valence-electron chi connectivity index (χ4n) is 1.30. The van der Waals surface area contributed by atoms with Crippen LogP contribution >= 0.6 is 0 Å². The smallest absolute Gasteiger partial charge is 0.129 e. The molecule has 13 heavy (non-hydrogen) atoms. The molecule has 0 fully saturated rings. The molecule has 0 saturated carbocycles. The van der Waals surface area contributed by atoms with Gasteiger partial charge in [0.1, 0.15) is 11.6 Å². The third kappa shape index (κ3) is 2.42. The van der Waals surface area contributed by atoms with E-state index in [2.05, 4.69) is 0 Å². The van der Waals surface area contributed by atoms with E-state index in [-0.39, 0.29) is 11.6 Å². The molecule has 0 unspecified atom stereocenters. The van der Waals surface area contributed by atoms with E-state index in [1.807, 2.05) is 0 Å². The van der Waals surface area contributed by atoms with E-state index < -0.39 is 0 Å². The summed E-state index contributed by atoms with van der Waals surface area (Å²) in [6.07, 6.45) is 1.32. The molecule has 0 spiro atoms. The van der Waals surface area contributed by atoms with Crippen LogP contribution in [0.5, 0.6) is 5.75 Å². The number of nitrogens with two attached hydrogens (primary N) is 1. The number of aryl methyl sites for hydroxylation is 2. The molecule has 0 saturated heterocycles. The van der Waals surface area contributed by atoms with E-state index in [0.717, 1.165) is 6.42 Å². The van der Waals surface area contributed by atoms with Crippen LogP contribution in [-0.2, 0) is 6.42 Å². The molecular weight excluding hydrogens is 169 g/mol. The summed E-state index contributed by atoms with van der Waals surface area (Å²) >= 11 is 0. The Bertz CT molecular complexity index is 299. The molecule has 1 aromatic rings. The van der Waals surface area contributed by atoms with Crippen molar-refractivity contribution in [2.45, 2.75) is 19.8 Å². The van der Waals surface area contributed by atoms with Crippen LogP contribution in [0.1, 0.15) is 17.5 Å². The maximum atomic E-state index is 13.4. The molecule has 0 aromatic heterocycles. The molecule has 0 aliphatic heterocycles. The van der Waals surface area contributed by atoms with Crippen molar-refractivity contribution in [1.82, 2.24) is 0 Å². The van der Waals surface area contributed by atoms with Crippen LogP contribution in [0.3, 0.4) is 0 Å². The zero-order valence-corrected chi connectivity index (χ0v) is 7.68. The molecule has 0 aliphatic rings. The summed E-state index contributed by atoms with van der Waals surface area (Å²) < 4.78 is 13.4.